The van der Waals surface area contributed by atoms with Gasteiger partial charge in [0.15, 0.2) is 0 Å². The van der Waals surface area contributed by atoms with Crippen LogP contribution in [0.2, 0.25) is 0 Å². The van der Waals surface area contributed by atoms with E-state index < -0.39 is 18.1 Å². The van der Waals surface area contributed by atoms with Crippen LogP contribution in [-0.4, -0.2) is 22.2 Å². The Morgan fingerprint density at radius 2 is 2.00 bits per heavy atom. The summed E-state index contributed by atoms with van der Waals surface area (Å²) in [6, 6.07) is 6.55. The zero-order valence-corrected chi connectivity index (χ0v) is 13.4. The van der Waals surface area contributed by atoms with Crippen LogP contribution in [0.25, 0.3) is 0 Å². The SMILES string of the molecule is CCC(C)c1cc(C(=O)NC(C)C(O)c2ccc(F)cc2)on1. The van der Waals surface area contributed by atoms with Crippen molar-refractivity contribution in [3.8, 4) is 0 Å². The number of nitrogens with zero attached hydrogens (tertiary/aromatic N) is 1. The number of aliphatic hydroxyl groups is 1. The predicted molar refractivity (Wildman–Crippen MR) is 83.5 cm³/mol. The van der Waals surface area contributed by atoms with Gasteiger partial charge in [0.25, 0.3) is 5.91 Å². The number of hydrogen-bond acceptors (Lipinski definition) is 4. The molecule has 1 heterocycles. The lowest BCUT2D eigenvalue weighted by Crippen LogP contribution is -2.36. The number of aliphatic hydroxyl groups excluding tert-OH is 1. The summed E-state index contributed by atoms with van der Waals surface area (Å²) in [5.41, 5.74) is 1.25. The van der Waals surface area contributed by atoms with Crippen molar-refractivity contribution in [2.45, 2.75) is 45.3 Å². The molecule has 0 aliphatic carbocycles. The number of nitrogens with one attached hydrogen (secondary N) is 1. The van der Waals surface area contributed by atoms with E-state index in [2.05, 4.69) is 10.5 Å². The Labute approximate surface area is 134 Å². The number of halogens is 1. The van der Waals surface area contributed by atoms with Crippen molar-refractivity contribution in [2.75, 3.05) is 0 Å². The number of hydrogen-bond donors (Lipinski definition) is 2. The van der Waals surface area contributed by atoms with Crippen LogP contribution in [0.15, 0.2) is 34.9 Å². The number of aromatic nitrogens is 1. The molecule has 2 rings (SSSR count). The molecule has 2 N–H and O–H groups in total. The third kappa shape index (κ3) is 4.16. The highest BCUT2D eigenvalue weighted by Crippen LogP contribution is 2.20. The molecule has 1 amide bonds. The molecule has 1 aromatic carbocycles. The zero-order chi connectivity index (χ0) is 17.0. The molecule has 3 unspecified atom stereocenters. The first-order chi connectivity index (χ1) is 10.9. The van der Waals surface area contributed by atoms with E-state index in [4.69, 9.17) is 4.52 Å². The molecule has 6 heteroatoms. The molecule has 2 aromatic rings. The summed E-state index contributed by atoms with van der Waals surface area (Å²) in [5.74, 6) is -0.501. The number of benzene rings is 1. The standard InChI is InChI=1S/C17H21FN2O3/c1-4-10(2)14-9-15(23-20-14)17(22)19-11(3)16(21)12-5-7-13(18)8-6-12/h5-11,16,21H,4H2,1-3H3,(H,19,22). The van der Waals surface area contributed by atoms with Crippen molar-refractivity contribution >= 4 is 5.91 Å². The molecule has 124 valence electrons. The van der Waals surface area contributed by atoms with Gasteiger partial charge in [0.05, 0.1) is 17.8 Å². The maximum Gasteiger partial charge on any atom is 0.290 e. The Kier molecular flexibility index (Phi) is 5.50. The van der Waals surface area contributed by atoms with Crippen LogP contribution in [-0.2, 0) is 0 Å². The number of carbonyl (C=O) groups excluding carboxylic acids is 1. The molecule has 0 radical (unpaired) electrons. The number of rotatable bonds is 6. The molecule has 0 aliphatic heterocycles. The van der Waals surface area contributed by atoms with Crippen LogP contribution in [0.4, 0.5) is 4.39 Å². The third-order valence-corrected chi connectivity index (χ3v) is 3.91. The fraction of sp³-hybridized carbons (Fsp3) is 0.412. The molecule has 0 saturated heterocycles. The van der Waals surface area contributed by atoms with Crippen LogP contribution < -0.4 is 5.32 Å². The topological polar surface area (TPSA) is 75.4 Å². The average Bonchev–Trinajstić information content (AvgIpc) is 3.04. The minimum Gasteiger partial charge on any atom is -0.386 e. The summed E-state index contributed by atoms with van der Waals surface area (Å²) in [4.78, 5) is 12.2. The minimum atomic E-state index is -0.948. The second kappa shape index (κ2) is 7.37. The largest absolute Gasteiger partial charge is 0.386 e. The maximum atomic E-state index is 12.9. The summed E-state index contributed by atoms with van der Waals surface area (Å²) in [5, 5.41) is 16.8. The van der Waals surface area contributed by atoms with Gasteiger partial charge in [-0.25, -0.2) is 4.39 Å². The third-order valence-electron chi connectivity index (χ3n) is 3.91. The average molecular weight is 320 g/mol. The van der Waals surface area contributed by atoms with E-state index in [-0.39, 0.29) is 17.5 Å². The van der Waals surface area contributed by atoms with Gasteiger partial charge in [-0.1, -0.05) is 31.1 Å². The quantitative estimate of drug-likeness (QED) is 0.857. The van der Waals surface area contributed by atoms with E-state index >= 15 is 0 Å². The highest BCUT2D eigenvalue weighted by atomic mass is 19.1. The lowest BCUT2D eigenvalue weighted by Gasteiger charge is -2.20. The molecule has 0 spiro atoms. The van der Waals surface area contributed by atoms with E-state index in [1.54, 1.807) is 13.0 Å². The van der Waals surface area contributed by atoms with Crippen molar-refractivity contribution < 1.29 is 18.8 Å². The van der Waals surface area contributed by atoms with E-state index in [0.29, 0.717) is 5.56 Å². The summed E-state index contributed by atoms with van der Waals surface area (Å²) < 4.78 is 18.0. The lowest BCUT2D eigenvalue weighted by atomic mass is 10.0. The highest BCUT2D eigenvalue weighted by molar-refractivity contribution is 5.91. The smallest absolute Gasteiger partial charge is 0.290 e. The second-order valence-electron chi connectivity index (χ2n) is 5.68. The van der Waals surface area contributed by atoms with Crippen LogP contribution >= 0.6 is 0 Å². The van der Waals surface area contributed by atoms with Crippen molar-refractivity contribution in [1.29, 1.82) is 0 Å². The van der Waals surface area contributed by atoms with Crippen LogP contribution in [0, 0.1) is 5.82 Å². The molecule has 1 aromatic heterocycles. The fourth-order valence-electron chi connectivity index (χ4n) is 2.14. The summed E-state index contributed by atoms with van der Waals surface area (Å²) in [6.45, 7) is 5.69. The van der Waals surface area contributed by atoms with Gasteiger partial charge >= 0.3 is 0 Å². The van der Waals surface area contributed by atoms with Crippen molar-refractivity contribution in [3.05, 3.63) is 53.2 Å². The van der Waals surface area contributed by atoms with Gasteiger partial charge in [-0.15, -0.1) is 0 Å². The molecular weight excluding hydrogens is 299 g/mol. The van der Waals surface area contributed by atoms with Crippen molar-refractivity contribution in [3.63, 3.8) is 0 Å². The van der Waals surface area contributed by atoms with Gasteiger partial charge in [0, 0.05) is 12.0 Å². The Bertz CT molecular complexity index is 654. The summed E-state index contributed by atoms with van der Waals surface area (Å²) >= 11 is 0. The minimum absolute atomic E-state index is 0.110. The monoisotopic (exact) mass is 320 g/mol. The number of amides is 1. The Morgan fingerprint density at radius 3 is 2.61 bits per heavy atom. The van der Waals surface area contributed by atoms with Crippen LogP contribution in [0.1, 0.15) is 61.0 Å². The van der Waals surface area contributed by atoms with Crippen molar-refractivity contribution in [2.24, 2.45) is 0 Å². The first-order valence-corrected chi connectivity index (χ1v) is 7.63. The first-order valence-electron chi connectivity index (χ1n) is 7.63. The van der Waals surface area contributed by atoms with Crippen LogP contribution in [0.3, 0.4) is 0 Å². The van der Waals surface area contributed by atoms with E-state index in [9.17, 15) is 14.3 Å². The predicted octanol–water partition coefficient (Wildman–Crippen LogP) is 3.18. The van der Waals surface area contributed by atoms with Crippen molar-refractivity contribution in [1.82, 2.24) is 10.5 Å². The van der Waals surface area contributed by atoms with Gasteiger partial charge in [-0.3, -0.25) is 4.79 Å². The molecule has 0 aliphatic rings. The Hall–Kier alpha value is -2.21. The summed E-state index contributed by atoms with van der Waals surface area (Å²) in [7, 11) is 0. The lowest BCUT2D eigenvalue weighted by molar-refractivity contribution is 0.0817. The second-order valence-corrected chi connectivity index (χ2v) is 5.68. The summed E-state index contributed by atoms with van der Waals surface area (Å²) in [6.07, 6.45) is -0.0516. The maximum absolute atomic E-state index is 12.9. The molecule has 3 atom stereocenters. The molecule has 5 nitrogen and oxygen atoms in total. The van der Waals surface area contributed by atoms with Gasteiger partial charge in [0.1, 0.15) is 5.82 Å². The van der Waals surface area contributed by atoms with E-state index in [1.807, 2.05) is 13.8 Å². The van der Waals surface area contributed by atoms with Gasteiger partial charge in [0.2, 0.25) is 5.76 Å². The molecule has 0 fully saturated rings. The first kappa shape index (κ1) is 17.1. The fourth-order valence-corrected chi connectivity index (χ4v) is 2.14. The highest BCUT2D eigenvalue weighted by Gasteiger charge is 2.22. The molecular formula is C17H21FN2O3. The normalized spacial score (nSPS) is 15.0. The molecule has 0 bridgehead atoms. The Morgan fingerprint density at radius 1 is 1.35 bits per heavy atom. The van der Waals surface area contributed by atoms with E-state index in [0.717, 1.165) is 12.1 Å². The van der Waals surface area contributed by atoms with E-state index in [1.165, 1.54) is 24.3 Å². The van der Waals surface area contributed by atoms with Gasteiger partial charge < -0.3 is 14.9 Å². The van der Waals surface area contributed by atoms with Gasteiger partial charge in [-0.05, 0) is 31.0 Å². The molecule has 23 heavy (non-hydrogen) atoms. The Balaban J connectivity index is 2.01. The van der Waals surface area contributed by atoms with Crippen LogP contribution in [0.5, 0.6) is 0 Å². The van der Waals surface area contributed by atoms with Gasteiger partial charge in [-0.2, -0.15) is 0 Å². The zero-order valence-electron chi connectivity index (χ0n) is 13.4. The number of carbonyl (C=O) groups is 1. The molecule has 0 saturated carbocycles.